The summed E-state index contributed by atoms with van der Waals surface area (Å²) in [5.41, 5.74) is 5.32. The lowest BCUT2D eigenvalue weighted by atomic mass is 10.0. The van der Waals surface area contributed by atoms with Crippen LogP contribution in [-0.2, 0) is 6.42 Å². The Morgan fingerprint density at radius 3 is 2.64 bits per heavy atom. The summed E-state index contributed by atoms with van der Waals surface area (Å²) in [6.07, 6.45) is 2.66. The van der Waals surface area contributed by atoms with Crippen molar-refractivity contribution < 1.29 is 13.9 Å². The Bertz CT molecular complexity index is 1230. The van der Waals surface area contributed by atoms with E-state index in [9.17, 15) is 4.79 Å². The van der Waals surface area contributed by atoms with E-state index < -0.39 is 0 Å². The summed E-state index contributed by atoms with van der Waals surface area (Å²) in [6, 6.07) is 21.2. The monoisotopic (exact) mass is 442 g/mol. The molecule has 0 aliphatic carbocycles. The number of amides is 1. The summed E-state index contributed by atoms with van der Waals surface area (Å²) in [7, 11) is 0. The average Bonchev–Trinajstić information content (AvgIpc) is 3.22. The molecule has 5 heteroatoms. The van der Waals surface area contributed by atoms with Gasteiger partial charge in [0.2, 0.25) is 0 Å². The lowest BCUT2D eigenvalue weighted by molar-refractivity contribution is 0.102. The van der Waals surface area contributed by atoms with Crippen molar-refractivity contribution in [1.82, 2.24) is 4.98 Å². The fourth-order valence-electron chi connectivity index (χ4n) is 3.57. The molecule has 0 atom stereocenters. The number of anilines is 1. The summed E-state index contributed by atoms with van der Waals surface area (Å²) < 4.78 is 11.6. The van der Waals surface area contributed by atoms with Crippen LogP contribution in [0.1, 0.15) is 66.9 Å². The molecular formula is C28H30N2O3. The number of carbonyl (C=O) groups is 1. The predicted octanol–water partition coefficient (Wildman–Crippen LogP) is 6.97. The third-order valence-electron chi connectivity index (χ3n) is 5.55. The number of rotatable bonds is 9. The van der Waals surface area contributed by atoms with Crippen LogP contribution in [0.4, 0.5) is 5.69 Å². The van der Waals surface area contributed by atoms with E-state index in [1.807, 2.05) is 42.5 Å². The topological polar surface area (TPSA) is 64.4 Å². The van der Waals surface area contributed by atoms with Crippen LogP contribution in [0.2, 0.25) is 0 Å². The van der Waals surface area contributed by atoms with Gasteiger partial charge in [-0.15, -0.1) is 0 Å². The lowest BCUT2D eigenvalue weighted by Gasteiger charge is -2.09. The van der Waals surface area contributed by atoms with Gasteiger partial charge in [-0.1, -0.05) is 51.5 Å². The lowest BCUT2D eigenvalue weighted by Crippen LogP contribution is -2.12. The van der Waals surface area contributed by atoms with Gasteiger partial charge < -0.3 is 14.5 Å². The molecule has 0 aliphatic heterocycles. The van der Waals surface area contributed by atoms with Gasteiger partial charge in [0, 0.05) is 17.7 Å². The Balaban J connectivity index is 1.39. The zero-order chi connectivity index (χ0) is 23.2. The van der Waals surface area contributed by atoms with Crippen molar-refractivity contribution in [2.24, 2.45) is 0 Å². The molecule has 4 rings (SSSR count). The third-order valence-corrected chi connectivity index (χ3v) is 5.55. The first-order valence-corrected chi connectivity index (χ1v) is 11.5. The Morgan fingerprint density at radius 1 is 1.06 bits per heavy atom. The van der Waals surface area contributed by atoms with Gasteiger partial charge in [0.05, 0.1) is 6.61 Å². The highest BCUT2D eigenvalue weighted by Crippen LogP contribution is 2.23. The fourth-order valence-corrected chi connectivity index (χ4v) is 3.57. The van der Waals surface area contributed by atoms with Crippen molar-refractivity contribution in [2.45, 2.75) is 46.0 Å². The summed E-state index contributed by atoms with van der Waals surface area (Å²) >= 11 is 0. The van der Waals surface area contributed by atoms with E-state index in [2.05, 4.69) is 43.2 Å². The van der Waals surface area contributed by atoms with Gasteiger partial charge in [-0.3, -0.25) is 4.79 Å². The predicted molar refractivity (Wildman–Crippen MR) is 132 cm³/mol. The number of hydrogen-bond acceptors (Lipinski definition) is 4. The molecule has 0 bridgehead atoms. The van der Waals surface area contributed by atoms with Crippen LogP contribution in [0.5, 0.6) is 5.75 Å². The second-order valence-electron chi connectivity index (χ2n) is 8.55. The average molecular weight is 443 g/mol. The Morgan fingerprint density at radius 2 is 1.88 bits per heavy atom. The van der Waals surface area contributed by atoms with Crippen molar-refractivity contribution in [1.29, 1.82) is 0 Å². The van der Waals surface area contributed by atoms with E-state index in [0.29, 0.717) is 36.1 Å². The van der Waals surface area contributed by atoms with E-state index in [1.54, 1.807) is 12.1 Å². The van der Waals surface area contributed by atoms with E-state index in [0.717, 1.165) is 35.2 Å². The molecule has 1 amide bonds. The van der Waals surface area contributed by atoms with Crippen LogP contribution >= 0.6 is 0 Å². The molecule has 33 heavy (non-hydrogen) atoms. The van der Waals surface area contributed by atoms with Crippen molar-refractivity contribution in [2.75, 3.05) is 11.9 Å². The van der Waals surface area contributed by atoms with Gasteiger partial charge in [0.25, 0.3) is 5.91 Å². The quantitative estimate of drug-likeness (QED) is 0.284. The zero-order valence-corrected chi connectivity index (χ0v) is 19.4. The molecule has 0 saturated carbocycles. The third kappa shape index (κ3) is 5.80. The molecule has 0 unspecified atom stereocenters. The number of oxazole rings is 1. The molecule has 0 aliphatic rings. The molecule has 0 saturated heterocycles. The number of carbonyl (C=O) groups excluding carboxylic acids is 1. The highest BCUT2D eigenvalue weighted by Gasteiger charge is 2.10. The first-order chi connectivity index (χ1) is 16.0. The molecule has 1 heterocycles. The van der Waals surface area contributed by atoms with Crippen LogP contribution in [0.25, 0.3) is 11.1 Å². The Kier molecular flexibility index (Phi) is 7.08. The van der Waals surface area contributed by atoms with Gasteiger partial charge in [0.15, 0.2) is 11.5 Å². The van der Waals surface area contributed by atoms with Crippen molar-refractivity contribution in [3.8, 4) is 5.75 Å². The number of nitrogens with one attached hydrogen (secondary N) is 1. The normalized spacial score (nSPS) is 11.2. The van der Waals surface area contributed by atoms with E-state index in [1.165, 1.54) is 5.56 Å². The summed E-state index contributed by atoms with van der Waals surface area (Å²) in [4.78, 5) is 17.3. The molecule has 170 valence electrons. The molecule has 0 radical (unpaired) electrons. The number of unbranched alkanes of at least 4 members (excludes halogenated alkanes) is 1. The largest absolute Gasteiger partial charge is 0.494 e. The van der Waals surface area contributed by atoms with Crippen LogP contribution < -0.4 is 10.1 Å². The minimum Gasteiger partial charge on any atom is -0.494 e. The standard InChI is InChI=1S/C28H30N2O3/c1-4-5-15-32-24-8-6-7-22(17-24)28(31)29-23-12-9-20(10-13-23)16-27-30-25-18-21(19(2)3)11-14-26(25)33-27/h6-14,17-19H,4-5,15-16H2,1-3H3,(H,29,31). The highest BCUT2D eigenvalue weighted by molar-refractivity contribution is 6.04. The molecule has 5 nitrogen and oxygen atoms in total. The molecule has 0 spiro atoms. The number of nitrogens with zero attached hydrogens (tertiary/aromatic N) is 1. The number of hydrogen-bond donors (Lipinski definition) is 1. The van der Waals surface area contributed by atoms with Gasteiger partial charge in [-0.05, 0) is 65.9 Å². The van der Waals surface area contributed by atoms with Crippen LogP contribution in [-0.4, -0.2) is 17.5 Å². The SMILES string of the molecule is CCCCOc1cccc(C(=O)Nc2ccc(Cc3nc4cc(C(C)C)ccc4o3)cc2)c1. The van der Waals surface area contributed by atoms with Gasteiger partial charge in [0.1, 0.15) is 11.3 Å². The van der Waals surface area contributed by atoms with E-state index >= 15 is 0 Å². The molecule has 1 aromatic heterocycles. The molecule has 4 aromatic rings. The first kappa shape index (κ1) is 22.6. The van der Waals surface area contributed by atoms with Crippen molar-refractivity contribution >= 4 is 22.7 Å². The summed E-state index contributed by atoms with van der Waals surface area (Å²) in [6.45, 7) is 7.11. The number of ether oxygens (including phenoxy) is 1. The van der Waals surface area contributed by atoms with Crippen molar-refractivity contribution in [3.05, 3.63) is 89.3 Å². The minimum absolute atomic E-state index is 0.163. The molecule has 0 fully saturated rings. The van der Waals surface area contributed by atoms with Crippen LogP contribution in [0.15, 0.2) is 71.1 Å². The van der Waals surface area contributed by atoms with Crippen molar-refractivity contribution in [3.63, 3.8) is 0 Å². The second kappa shape index (κ2) is 10.3. The molecular weight excluding hydrogens is 412 g/mol. The Hall–Kier alpha value is -3.60. The zero-order valence-electron chi connectivity index (χ0n) is 19.4. The van der Waals surface area contributed by atoms with Gasteiger partial charge in [-0.25, -0.2) is 4.98 Å². The first-order valence-electron chi connectivity index (χ1n) is 11.5. The maximum Gasteiger partial charge on any atom is 0.255 e. The summed E-state index contributed by atoms with van der Waals surface area (Å²) in [5, 5.41) is 2.95. The van der Waals surface area contributed by atoms with Gasteiger partial charge in [-0.2, -0.15) is 0 Å². The maximum absolute atomic E-state index is 12.7. The van der Waals surface area contributed by atoms with Crippen LogP contribution in [0, 0.1) is 0 Å². The molecule has 3 aromatic carbocycles. The highest BCUT2D eigenvalue weighted by atomic mass is 16.5. The number of aromatic nitrogens is 1. The number of fused-ring (bicyclic) bond motifs is 1. The van der Waals surface area contributed by atoms with Gasteiger partial charge >= 0.3 is 0 Å². The fraction of sp³-hybridized carbons (Fsp3) is 0.286. The van der Waals surface area contributed by atoms with Crippen LogP contribution in [0.3, 0.4) is 0 Å². The van der Waals surface area contributed by atoms with E-state index in [-0.39, 0.29) is 5.91 Å². The smallest absolute Gasteiger partial charge is 0.255 e. The Labute approximate surface area is 194 Å². The number of benzene rings is 3. The van der Waals surface area contributed by atoms with E-state index in [4.69, 9.17) is 9.15 Å². The maximum atomic E-state index is 12.7. The summed E-state index contributed by atoms with van der Waals surface area (Å²) in [5.74, 6) is 1.69. The minimum atomic E-state index is -0.163. The molecule has 1 N–H and O–H groups in total. The second-order valence-corrected chi connectivity index (χ2v) is 8.55.